The highest BCUT2D eigenvalue weighted by molar-refractivity contribution is 5.75. The summed E-state index contributed by atoms with van der Waals surface area (Å²) in [6, 6.07) is 1.15. The van der Waals surface area contributed by atoms with E-state index in [2.05, 4.69) is 15.1 Å². The molecule has 2 aromatic heterocycles. The first-order valence-corrected chi connectivity index (χ1v) is 5.17. The molecule has 0 atom stereocenters. The molecule has 19 heavy (non-hydrogen) atoms. The third kappa shape index (κ3) is 1.68. The summed E-state index contributed by atoms with van der Waals surface area (Å²) < 4.78 is 41.4. The molecule has 0 aliphatic carbocycles. The van der Waals surface area contributed by atoms with E-state index in [0.717, 1.165) is 4.52 Å². The lowest BCUT2D eigenvalue weighted by molar-refractivity contribution is 0.548. The van der Waals surface area contributed by atoms with Crippen molar-refractivity contribution in [2.45, 2.75) is 0 Å². The van der Waals surface area contributed by atoms with Crippen molar-refractivity contribution in [2.75, 3.05) is 5.73 Å². The number of rotatable bonds is 1. The molecule has 0 aliphatic rings. The minimum atomic E-state index is -1.06. The zero-order valence-electron chi connectivity index (χ0n) is 9.31. The van der Waals surface area contributed by atoms with E-state index >= 15 is 0 Å². The number of nitrogens with two attached hydrogens (primary N) is 1. The summed E-state index contributed by atoms with van der Waals surface area (Å²) in [5.41, 5.74) is 5.29. The second-order valence-electron chi connectivity index (χ2n) is 3.77. The number of fused-ring (bicyclic) bond motifs is 1. The minimum Gasteiger partial charge on any atom is -0.383 e. The van der Waals surface area contributed by atoms with Crippen LogP contribution in [0.5, 0.6) is 0 Å². The van der Waals surface area contributed by atoms with Crippen molar-refractivity contribution in [3.05, 3.63) is 42.1 Å². The molecule has 2 heterocycles. The van der Waals surface area contributed by atoms with Gasteiger partial charge in [0.05, 0.1) is 5.56 Å². The number of halogens is 3. The molecule has 96 valence electrons. The van der Waals surface area contributed by atoms with Crippen LogP contribution in [0.3, 0.4) is 0 Å². The topological polar surface area (TPSA) is 69.1 Å². The number of anilines is 1. The molecule has 0 saturated heterocycles. The van der Waals surface area contributed by atoms with E-state index < -0.39 is 23.0 Å². The van der Waals surface area contributed by atoms with Gasteiger partial charge < -0.3 is 5.73 Å². The zero-order valence-corrected chi connectivity index (χ0v) is 9.31. The average Bonchev–Trinajstić information content (AvgIpc) is 2.79. The third-order valence-electron chi connectivity index (χ3n) is 2.62. The lowest BCUT2D eigenvalue weighted by Crippen LogP contribution is -2.05. The Balaban J connectivity index is 2.33. The van der Waals surface area contributed by atoms with Gasteiger partial charge in [0.15, 0.2) is 0 Å². The van der Waals surface area contributed by atoms with Gasteiger partial charge in [-0.1, -0.05) is 0 Å². The summed E-state index contributed by atoms with van der Waals surface area (Å²) in [4.78, 5) is 7.65. The van der Waals surface area contributed by atoms with E-state index in [1.165, 1.54) is 12.5 Å². The maximum absolute atomic E-state index is 13.7. The molecule has 0 radical (unpaired) electrons. The number of aromatic nitrogens is 4. The predicted octanol–water partition coefficient (Wildman–Crippen LogP) is 1.79. The van der Waals surface area contributed by atoms with Gasteiger partial charge in [0.25, 0.3) is 5.78 Å². The van der Waals surface area contributed by atoms with Crippen LogP contribution in [0.1, 0.15) is 0 Å². The molecule has 0 spiro atoms. The maximum Gasteiger partial charge on any atom is 0.254 e. The first-order valence-electron chi connectivity index (χ1n) is 5.17. The molecule has 0 saturated carbocycles. The van der Waals surface area contributed by atoms with Crippen molar-refractivity contribution in [3.8, 4) is 11.1 Å². The summed E-state index contributed by atoms with van der Waals surface area (Å²) in [6.45, 7) is 0. The van der Waals surface area contributed by atoms with E-state index in [1.54, 1.807) is 0 Å². The maximum atomic E-state index is 13.7. The van der Waals surface area contributed by atoms with Crippen molar-refractivity contribution in [1.82, 2.24) is 19.6 Å². The molecule has 3 aromatic rings. The molecule has 3 rings (SSSR count). The summed E-state index contributed by atoms with van der Waals surface area (Å²) in [5, 5.41) is 3.78. The third-order valence-corrected chi connectivity index (χ3v) is 2.62. The standard InChI is InChI=1S/C11H6F3N5/c12-5-1-7(13)9(8(14)2-5)6-3-16-11-17-4-18-19(11)10(6)15/h1-4H,15H2. The van der Waals surface area contributed by atoms with Crippen molar-refractivity contribution in [1.29, 1.82) is 0 Å². The average molecular weight is 265 g/mol. The normalized spacial score (nSPS) is 11.1. The fourth-order valence-electron chi connectivity index (χ4n) is 1.79. The van der Waals surface area contributed by atoms with Gasteiger partial charge in [0.2, 0.25) is 0 Å². The molecule has 0 bridgehead atoms. The van der Waals surface area contributed by atoms with Crippen LogP contribution in [0.4, 0.5) is 19.0 Å². The Kier molecular flexibility index (Phi) is 2.37. The van der Waals surface area contributed by atoms with Crippen molar-refractivity contribution in [2.24, 2.45) is 0 Å². The zero-order chi connectivity index (χ0) is 13.6. The molecule has 0 amide bonds. The lowest BCUT2D eigenvalue weighted by Gasteiger charge is -2.08. The highest BCUT2D eigenvalue weighted by Gasteiger charge is 2.18. The summed E-state index contributed by atoms with van der Waals surface area (Å²) in [7, 11) is 0. The van der Waals surface area contributed by atoms with Crippen LogP contribution in [0, 0.1) is 17.5 Å². The second-order valence-corrected chi connectivity index (χ2v) is 3.77. The van der Waals surface area contributed by atoms with Crippen LogP contribution in [0.15, 0.2) is 24.7 Å². The number of benzene rings is 1. The first kappa shape index (κ1) is 11.5. The molecule has 8 heteroatoms. The van der Waals surface area contributed by atoms with Crippen LogP contribution < -0.4 is 5.73 Å². The first-order chi connectivity index (χ1) is 9.08. The summed E-state index contributed by atoms with van der Waals surface area (Å²) in [5.74, 6) is -2.97. The van der Waals surface area contributed by atoms with Gasteiger partial charge in [0.1, 0.15) is 29.6 Å². The van der Waals surface area contributed by atoms with Crippen LogP contribution in [0.25, 0.3) is 16.9 Å². The van der Waals surface area contributed by atoms with Gasteiger partial charge in [-0.3, -0.25) is 0 Å². The van der Waals surface area contributed by atoms with E-state index in [0.29, 0.717) is 12.1 Å². The highest BCUT2D eigenvalue weighted by Crippen LogP contribution is 2.30. The molecule has 2 N–H and O–H groups in total. The Bertz CT molecular complexity index is 760. The van der Waals surface area contributed by atoms with Crippen LogP contribution in [-0.2, 0) is 0 Å². The van der Waals surface area contributed by atoms with Crippen molar-refractivity contribution >= 4 is 11.6 Å². The van der Waals surface area contributed by atoms with E-state index in [1.807, 2.05) is 0 Å². The Hall–Kier alpha value is -2.64. The Morgan fingerprint density at radius 2 is 1.74 bits per heavy atom. The molecule has 0 aliphatic heterocycles. The van der Waals surface area contributed by atoms with Crippen LogP contribution >= 0.6 is 0 Å². The number of nitrogens with zero attached hydrogens (tertiary/aromatic N) is 4. The fourth-order valence-corrected chi connectivity index (χ4v) is 1.79. The lowest BCUT2D eigenvalue weighted by atomic mass is 10.1. The molecule has 0 unspecified atom stereocenters. The molecular weight excluding hydrogens is 259 g/mol. The van der Waals surface area contributed by atoms with E-state index in [-0.39, 0.29) is 17.2 Å². The largest absolute Gasteiger partial charge is 0.383 e. The van der Waals surface area contributed by atoms with Gasteiger partial charge in [-0.25, -0.2) is 18.2 Å². The van der Waals surface area contributed by atoms with E-state index in [4.69, 9.17) is 5.73 Å². The quantitative estimate of drug-likeness (QED) is 0.728. The molecule has 0 fully saturated rings. The van der Waals surface area contributed by atoms with Gasteiger partial charge in [-0.15, -0.1) is 0 Å². The van der Waals surface area contributed by atoms with Crippen molar-refractivity contribution in [3.63, 3.8) is 0 Å². The van der Waals surface area contributed by atoms with Crippen LogP contribution in [-0.4, -0.2) is 19.6 Å². The molecular formula is C11H6F3N5. The van der Waals surface area contributed by atoms with E-state index in [9.17, 15) is 13.2 Å². The van der Waals surface area contributed by atoms with Crippen LogP contribution in [0.2, 0.25) is 0 Å². The number of hydrogen-bond acceptors (Lipinski definition) is 4. The highest BCUT2D eigenvalue weighted by atomic mass is 19.1. The van der Waals surface area contributed by atoms with Gasteiger partial charge in [-0.2, -0.15) is 14.6 Å². The van der Waals surface area contributed by atoms with Gasteiger partial charge in [-0.05, 0) is 0 Å². The van der Waals surface area contributed by atoms with Crippen molar-refractivity contribution < 1.29 is 13.2 Å². The number of nitrogen functional groups attached to an aromatic ring is 1. The monoisotopic (exact) mass is 265 g/mol. The SMILES string of the molecule is Nc1c(-c2c(F)cc(F)cc2F)cnc2ncnn12. The summed E-state index contributed by atoms with van der Waals surface area (Å²) in [6.07, 6.45) is 2.37. The smallest absolute Gasteiger partial charge is 0.254 e. The van der Waals surface area contributed by atoms with Gasteiger partial charge in [0, 0.05) is 23.9 Å². The summed E-state index contributed by atoms with van der Waals surface area (Å²) >= 11 is 0. The second kappa shape index (κ2) is 3.94. The molecule has 5 nitrogen and oxygen atoms in total. The van der Waals surface area contributed by atoms with Gasteiger partial charge >= 0.3 is 0 Å². The number of hydrogen-bond donors (Lipinski definition) is 1. The Morgan fingerprint density at radius 1 is 1.05 bits per heavy atom. The predicted molar refractivity (Wildman–Crippen MR) is 60.5 cm³/mol. The molecule has 1 aromatic carbocycles. The minimum absolute atomic E-state index is 0.0204. The Morgan fingerprint density at radius 3 is 2.42 bits per heavy atom. The fraction of sp³-hybridized carbons (Fsp3) is 0. The Labute approximate surface area is 104 Å².